The van der Waals surface area contributed by atoms with Crippen molar-refractivity contribution in [3.63, 3.8) is 0 Å². The molecule has 1 aromatic rings. The summed E-state index contributed by atoms with van der Waals surface area (Å²) in [5.41, 5.74) is 1.43. The normalized spacial score (nSPS) is 22.0. The minimum absolute atomic E-state index is 0.555. The van der Waals surface area contributed by atoms with Gasteiger partial charge in [0.25, 0.3) is 0 Å². The minimum Gasteiger partial charge on any atom is -0.332 e. The van der Waals surface area contributed by atoms with E-state index in [0.717, 1.165) is 5.92 Å². The smallest absolute Gasteiger partial charge is 0.111 e. The summed E-state index contributed by atoms with van der Waals surface area (Å²) in [5.74, 6) is 2.64. The molecule has 1 aliphatic heterocycles. The largest absolute Gasteiger partial charge is 0.332 e. The summed E-state index contributed by atoms with van der Waals surface area (Å²) in [6.45, 7) is 7.93. The summed E-state index contributed by atoms with van der Waals surface area (Å²) in [5, 5.41) is 0. The summed E-state index contributed by atoms with van der Waals surface area (Å²) in [7, 11) is 0. The van der Waals surface area contributed by atoms with Gasteiger partial charge < -0.3 is 4.57 Å². The van der Waals surface area contributed by atoms with Crippen LogP contribution in [0, 0.1) is 5.92 Å². The first-order chi connectivity index (χ1) is 6.18. The average molecular weight is 178 g/mol. The van der Waals surface area contributed by atoms with E-state index >= 15 is 0 Å². The van der Waals surface area contributed by atoms with Crippen LogP contribution in [-0.2, 0) is 13.0 Å². The van der Waals surface area contributed by atoms with Gasteiger partial charge in [0.2, 0.25) is 0 Å². The molecule has 2 nitrogen and oxygen atoms in total. The van der Waals surface area contributed by atoms with E-state index in [4.69, 9.17) is 0 Å². The number of nitrogens with zero attached hydrogens (tertiary/aromatic N) is 2. The van der Waals surface area contributed by atoms with E-state index in [1.165, 1.54) is 30.9 Å². The summed E-state index contributed by atoms with van der Waals surface area (Å²) in [4.78, 5) is 4.49. The lowest BCUT2D eigenvalue weighted by Gasteiger charge is -2.23. The van der Waals surface area contributed by atoms with Gasteiger partial charge in [0.1, 0.15) is 5.82 Å². The van der Waals surface area contributed by atoms with Crippen molar-refractivity contribution < 1.29 is 0 Å². The van der Waals surface area contributed by atoms with Crippen LogP contribution in [0.5, 0.6) is 0 Å². The van der Waals surface area contributed by atoms with Crippen LogP contribution in [0.2, 0.25) is 0 Å². The second kappa shape index (κ2) is 3.17. The van der Waals surface area contributed by atoms with Crippen molar-refractivity contribution >= 4 is 0 Å². The first kappa shape index (κ1) is 8.79. The molecule has 13 heavy (non-hydrogen) atoms. The molecule has 0 saturated heterocycles. The average Bonchev–Trinajstić information content (AvgIpc) is 2.46. The third kappa shape index (κ3) is 1.50. The predicted molar refractivity (Wildman–Crippen MR) is 53.8 cm³/mol. The Morgan fingerprint density at radius 2 is 2.31 bits per heavy atom. The van der Waals surface area contributed by atoms with E-state index in [-0.39, 0.29) is 0 Å². The van der Waals surface area contributed by atoms with E-state index in [1.807, 2.05) is 0 Å². The number of aryl methyl sites for hydroxylation is 1. The Bertz CT molecular complexity index is 299. The molecule has 0 aromatic carbocycles. The summed E-state index contributed by atoms with van der Waals surface area (Å²) in [6.07, 6.45) is 4.59. The van der Waals surface area contributed by atoms with Crippen LogP contribution < -0.4 is 0 Å². The Morgan fingerprint density at radius 1 is 1.54 bits per heavy atom. The Labute approximate surface area is 80.0 Å². The Morgan fingerprint density at radius 3 is 3.00 bits per heavy atom. The number of hydrogen-bond acceptors (Lipinski definition) is 1. The van der Waals surface area contributed by atoms with Crippen molar-refractivity contribution in [2.45, 2.75) is 46.1 Å². The zero-order chi connectivity index (χ0) is 9.42. The summed E-state index contributed by atoms with van der Waals surface area (Å²) >= 11 is 0. The van der Waals surface area contributed by atoms with Crippen LogP contribution in [0.4, 0.5) is 0 Å². The molecular formula is C11H18N2. The third-order valence-corrected chi connectivity index (χ3v) is 2.87. The van der Waals surface area contributed by atoms with Crippen LogP contribution >= 0.6 is 0 Å². The second-order valence-corrected chi connectivity index (χ2v) is 4.52. The van der Waals surface area contributed by atoms with Crippen LogP contribution in [0.15, 0.2) is 6.20 Å². The van der Waals surface area contributed by atoms with Gasteiger partial charge in [-0.25, -0.2) is 4.98 Å². The molecule has 0 saturated carbocycles. The monoisotopic (exact) mass is 178 g/mol. The van der Waals surface area contributed by atoms with Crippen LogP contribution in [0.1, 0.15) is 44.6 Å². The van der Waals surface area contributed by atoms with Gasteiger partial charge in [-0.15, -0.1) is 0 Å². The van der Waals surface area contributed by atoms with Crippen molar-refractivity contribution in [1.29, 1.82) is 0 Å². The molecule has 0 aliphatic carbocycles. The number of hydrogen-bond donors (Lipinski definition) is 0. The molecule has 0 amide bonds. The van der Waals surface area contributed by atoms with Gasteiger partial charge in [-0.2, -0.15) is 0 Å². The van der Waals surface area contributed by atoms with Gasteiger partial charge in [0.05, 0.1) is 0 Å². The van der Waals surface area contributed by atoms with Crippen molar-refractivity contribution in [2.24, 2.45) is 5.92 Å². The van der Waals surface area contributed by atoms with Gasteiger partial charge in [-0.1, -0.05) is 20.8 Å². The quantitative estimate of drug-likeness (QED) is 0.646. The van der Waals surface area contributed by atoms with Crippen molar-refractivity contribution in [3.8, 4) is 0 Å². The van der Waals surface area contributed by atoms with Crippen LogP contribution in [0.25, 0.3) is 0 Å². The highest BCUT2D eigenvalue weighted by molar-refractivity contribution is 5.10. The highest BCUT2D eigenvalue weighted by Crippen LogP contribution is 2.24. The molecule has 0 N–H and O–H groups in total. The Balaban J connectivity index is 2.35. The predicted octanol–water partition coefficient (Wildman–Crippen LogP) is 2.59. The highest BCUT2D eigenvalue weighted by atomic mass is 15.1. The standard InChI is InChI=1S/C11H18N2/c1-8(2)11-12-6-10-5-4-9(3)7-13(10)11/h6,8-9H,4-5,7H2,1-3H3. The van der Waals surface area contributed by atoms with Crippen LogP contribution in [-0.4, -0.2) is 9.55 Å². The number of fused-ring (bicyclic) bond motifs is 1. The number of rotatable bonds is 1. The van der Waals surface area contributed by atoms with E-state index < -0.39 is 0 Å². The lowest BCUT2D eigenvalue weighted by molar-refractivity contribution is 0.387. The summed E-state index contributed by atoms with van der Waals surface area (Å²) < 4.78 is 2.42. The molecule has 72 valence electrons. The SMILES string of the molecule is CC1CCc2cnc(C(C)C)n2C1. The van der Waals surface area contributed by atoms with Gasteiger partial charge in [-0.05, 0) is 18.8 Å². The van der Waals surface area contributed by atoms with Crippen molar-refractivity contribution in [1.82, 2.24) is 9.55 Å². The maximum absolute atomic E-state index is 4.49. The van der Waals surface area contributed by atoms with Gasteiger partial charge >= 0.3 is 0 Å². The molecule has 0 spiro atoms. The number of aromatic nitrogens is 2. The third-order valence-electron chi connectivity index (χ3n) is 2.87. The zero-order valence-corrected chi connectivity index (χ0v) is 8.75. The fraction of sp³-hybridized carbons (Fsp3) is 0.727. The lowest BCUT2D eigenvalue weighted by atomic mass is 10.00. The lowest BCUT2D eigenvalue weighted by Crippen LogP contribution is -2.19. The zero-order valence-electron chi connectivity index (χ0n) is 8.75. The molecule has 2 heteroatoms. The van der Waals surface area contributed by atoms with E-state index in [2.05, 4.69) is 36.5 Å². The van der Waals surface area contributed by atoms with Gasteiger partial charge in [0, 0.05) is 24.4 Å². The van der Waals surface area contributed by atoms with Crippen molar-refractivity contribution in [3.05, 3.63) is 17.7 Å². The molecule has 1 unspecified atom stereocenters. The summed E-state index contributed by atoms with van der Waals surface area (Å²) in [6, 6.07) is 0. The van der Waals surface area contributed by atoms with E-state index in [0.29, 0.717) is 5.92 Å². The molecule has 1 aliphatic rings. The first-order valence-electron chi connectivity index (χ1n) is 5.22. The van der Waals surface area contributed by atoms with E-state index in [1.54, 1.807) is 0 Å². The molecule has 2 rings (SSSR count). The molecule has 0 fully saturated rings. The van der Waals surface area contributed by atoms with Crippen LogP contribution in [0.3, 0.4) is 0 Å². The van der Waals surface area contributed by atoms with Gasteiger partial charge in [-0.3, -0.25) is 0 Å². The minimum atomic E-state index is 0.555. The number of imidazole rings is 1. The molecule has 1 atom stereocenters. The second-order valence-electron chi connectivity index (χ2n) is 4.52. The van der Waals surface area contributed by atoms with E-state index in [9.17, 15) is 0 Å². The maximum atomic E-state index is 4.49. The Hall–Kier alpha value is -0.790. The first-order valence-corrected chi connectivity index (χ1v) is 5.22. The topological polar surface area (TPSA) is 17.8 Å². The molecule has 0 radical (unpaired) electrons. The fourth-order valence-electron chi connectivity index (χ4n) is 2.10. The van der Waals surface area contributed by atoms with Gasteiger partial charge in [0.15, 0.2) is 0 Å². The fourth-order valence-corrected chi connectivity index (χ4v) is 2.10. The molecule has 0 bridgehead atoms. The highest BCUT2D eigenvalue weighted by Gasteiger charge is 2.19. The molecule has 2 heterocycles. The maximum Gasteiger partial charge on any atom is 0.111 e. The molecular weight excluding hydrogens is 160 g/mol. The Kier molecular flexibility index (Phi) is 2.14. The van der Waals surface area contributed by atoms with Crippen molar-refractivity contribution in [2.75, 3.05) is 0 Å². The molecule has 1 aromatic heterocycles.